The largest absolute Gasteiger partial charge is 0.464 e. The van der Waals surface area contributed by atoms with Crippen LogP contribution in [0.15, 0.2) is 11.1 Å². The molecule has 0 bridgehead atoms. The molecule has 1 heterocycles. The van der Waals surface area contributed by atoms with Gasteiger partial charge in [0.25, 0.3) is 10.0 Å². The topological polar surface area (TPSA) is 104 Å². The molecule has 90 valence electrons. The minimum absolute atomic E-state index is 0.0570. The molecule has 2 N–H and O–H groups in total. The van der Waals surface area contributed by atoms with Gasteiger partial charge in [-0.2, -0.15) is 5.10 Å². The van der Waals surface area contributed by atoms with Gasteiger partial charge >= 0.3 is 5.97 Å². The van der Waals surface area contributed by atoms with E-state index in [0.29, 0.717) is 0 Å². The summed E-state index contributed by atoms with van der Waals surface area (Å²) in [5, 5.41) is 8.33. The van der Waals surface area contributed by atoms with Gasteiger partial charge in [0.1, 0.15) is 5.69 Å². The minimum atomic E-state index is -3.92. The molecule has 0 spiro atoms. The molecule has 1 rings (SSSR count). The Labute approximate surface area is 93.2 Å². The lowest BCUT2D eigenvalue weighted by Crippen LogP contribution is -2.15. The summed E-state index contributed by atoms with van der Waals surface area (Å²) in [6, 6.07) is 0.922. The molecule has 0 fully saturated rings. The molecule has 1 aromatic heterocycles. The number of hydrogen-bond donors (Lipinski definition) is 1. The first kappa shape index (κ1) is 12.7. The Morgan fingerprint density at radius 1 is 1.56 bits per heavy atom. The number of carbonyl (C=O) groups is 1. The van der Waals surface area contributed by atoms with E-state index in [2.05, 4.69) is 9.84 Å². The first-order valence-corrected chi connectivity index (χ1v) is 6.02. The Morgan fingerprint density at radius 3 is 2.50 bits per heavy atom. The fraction of sp³-hybridized carbons (Fsp3) is 0.500. The number of nitrogens with zero attached hydrogens (tertiary/aromatic N) is 2. The van der Waals surface area contributed by atoms with E-state index in [1.807, 2.05) is 0 Å². The van der Waals surface area contributed by atoms with Crippen molar-refractivity contribution in [3.05, 3.63) is 11.8 Å². The molecule has 1 aromatic rings. The van der Waals surface area contributed by atoms with Gasteiger partial charge in [0.15, 0.2) is 5.03 Å². The SMILES string of the molecule is COC(=O)c1cc(S(N)(=O)=O)nn1C(C)C. The summed E-state index contributed by atoms with van der Waals surface area (Å²) in [4.78, 5) is 11.4. The zero-order valence-corrected chi connectivity index (χ0v) is 9.98. The number of esters is 1. The molecule has 16 heavy (non-hydrogen) atoms. The van der Waals surface area contributed by atoms with Crippen molar-refractivity contribution in [2.45, 2.75) is 24.9 Å². The van der Waals surface area contributed by atoms with Crippen LogP contribution in [0.25, 0.3) is 0 Å². The van der Waals surface area contributed by atoms with Crippen molar-refractivity contribution in [2.75, 3.05) is 7.11 Å². The van der Waals surface area contributed by atoms with E-state index in [-0.39, 0.29) is 16.8 Å². The Morgan fingerprint density at radius 2 is 2.12 bits per heavy atom. The zero-order valence-electron chi connectivity index (χ0n) is 9.17. The summed E-state index contributed by atoms with van der Waals surface area (Å²) in [6.07, 6.45) is 0. The Balaban J connectivity index is 3.37. The number of carbonyl (C=O) groups excluding carboxylic acids is 1. The van der Waals surface area contributed by atoms with Crippen molar-refractivity contribution in [1.82, 2.24) is 9.78 Å². The molecule has 0 atom stereocenters. The molecule has 0 saturated heterocycles. The van der Waals surface area contributed by atoms with Gasteiger partial charge in [-0.05, 0) is 13.8 Å². The summed E-state index contributed by atoms with van der Waals surface area (Å²) in [5.74, 6) is -0.656. The number of ether oxygens (including phenoxy) is 1. The lowest BCUT2D eigenvalue weighted by molar-refractivity contribution is 0.0584. The van der Waals surface area contributed by atoms with Crippen molar-refractivity contribution in [3.63, 3.8) is 0 Å². The number of rotatable bonds is 3. The molecule has 7 nitrogen and oxygen atoms in total. The standard InChI is InChI=1S/C8H13N3O4S/c1-5(2)11-6(8(12)15-3)4-7(10-11)16(9,13)14/h4-5H,1-3H3,(H2,9,13,14). The molecule has 0 amide bonds. The maximum Gasteiger partial charge on any atom is 0.356 e. The lowest BCUT2D eigenvalue weighted by Gasteiger charge is -2.08. The maximum atomic E-state index is 11.4. The van der Waals surface area contributed by atoms with E-state index < -0.39 is 16.0 Å². The van der Waals surface area contributed by atoms with Crippen LogP contribution in [-0.4, -0.2) is 31.3 Å². The summed E-state index contributed by atoms with van der Waals surface area (Å²) < 4.78 is 27.9. The van der Waals surface area contributed by atoms with Crippen molar-refractivity contribution in [3.8, 4) is 0 Å². The van der Waals surface area contributed by atoms with Gasteiger partial charge < -0.3 is 4.74 Å². The predicted octanol–water partition coefficient (Wildman–Crippen LogP) is -0.102. The summed E-state index contributed by atoms with van der Waals surface area (Å²) >= 11 is 0. The van der Waals surface area contributed by atoms with Crippen LogP contribution in [0.4, 0.5) is 0 Å². The van der Waals surface area contributed by atoms with Crippen molar-refractivity contribution >= 4 is 16.0 Å². The molecule has 0 radical (unpaired) electrons. The van der Waals surface area contributed by atoms with Gasteiger partial charge in [-0.1, -0.05) is 0 Å². The van der Waals surface area contributed by atoms with Crippen molar-refractivity contribution in [2.24, 2.45) is 5.14 Å². The van der Waals surface area contributed by atoms with E-state index >= 15 is 0 Å². The molecule has 0 aliphatic rings. The normalized spacial score (nSPS) is 11.8. The van der Waals surface area contributed by atoms with Gasteiger partial charge in [-0.3, -0.25) is 4.68 Å². The average Bonchev–Trinajstić information content (AvgIpc) is 2.60. The Kier molecular flexibility index (Phi) is 3.34. The van der Waals surface area contributed by atoms with E-state index in [1.54, 1.807) is 13.8 Å². The third-order valence-corrected chi connectivity index (χ3v) is 2.67. The van der Waals surface area contributed by atoms with E-state index in [4.69, 9.17) is 5.14 Å². The van der Waals surface area contributed by atoms with Gasteiger partial charge in [-0.25, -0.2) is 18.4 Å². The fourth-order valence-electron chi connectivity index (χ4n) is 1.16. The van der Waals surface area contributed by atoms with E-state index in [9.17, 15) is 13.2 Å². The Bertz CT molecular complexity index is 503. The zero-order chi connectivity index (χ0) is 12.5. The Hall–Kier alpha value is -1.41. The highest BCUT2D eigenvalue weighted by molar-refractivity contribution is 7.89. The van der Waals surface area contributed by atoms with Crippen LogP contribution in [0, 0.1) is 0 Å². The summed E-state index contributed by atoms with van der Waals surface area (Å²) in [7, 11) is -2.71. The molecular formula is C8H13N3O4S. The molecule has 0 unspecified atom stereocenters. The smallest absolute Gasteiger partial charge is 0.356 e. The highest BCUT2D eigenvalue weighted by atomic mass is 32.2. The molecule has 0 saturated carbocycles. The second-order valence-electron chi connectivity index (χ2n) is 3.44. The third kappa shape index (κ3) is 2.39. The average molecular weight is 247 g/mol. The van der Waals surface area contributed by atoms with Gasteiger partial charge in [0, 0.05) is 12.1 Å². The minimum Gasteiger partial charge on any atom is -0.464 e. The van der Waals surface area contributed by atoms with Crippen LogP contribution >= 0.6 is 0 Å². The maximum absolute atomic E-state index is 11.4. The summed E-state index contributed by atoms with van der Waals surface area (Å²) in [5.41, 5.74) is 0.0570. The van der Waals surface area contributed by atoms with Gasteiger partial charge in [0.2, 0.25) is 0 Å². The van der Waals surface area contributed by atoms with Crippen LogP contribution in [0.3, 0.4) is 0 Å². The van der Waals surface area contributed by atoms with Gasteiger partial charge in [0.05, 0.1) is 7.11 Å². The fourth-order valence-corrected chi connectivity index (χ4v) is 1.64. The number of aromatic nitrogens is 2. The first-order valence-electron chi connectivity index (χ1n) is 4.48. The van der Waals surface area contributed by atoms with Crippen LogP contribution < -0.4 is 5.14 Å². The highest BCUT2D eigenvalue weighted by Gasteiger charge is 2.22. The van der Waals surface area contributed by atoms with Crippen LogP contribution in [0.2, 0.25) is 0 Å². The number of hydrogen-bond acceptors (Lipinski definition) is 5. The summed E-state index contributed by atoms with van der Waals surface area (Å²) in [6.45, 7) is 3.51. The van der Waals surface area contributed by atoms with Crippen molar-refractivity contribution in [1.29, 1.82) is 0 Å². The lowest BCUT2D eigenvalue weighted by atomic mass is 10.3. The van der Waals surface area contributed by atoms with Crippen LogP contribution in [0.1, 0.15) is 30.4 Å². The quantitative estimate of drug-likeness (QED) is 0.751. The highest BCUT2D eigenvalue weighted by Crippen LogP contribution is 2.14. The number of methoxy groups -OCH3 is 1. The predicted molar refractivity (Wildman–Crippen MR) is 55.3 cm³/mol. The first-order chi connectivity index (χ1) is 7.27. The number of primary sulfonamides is 1. The molecule has 0 aliphatic heterocycles. The van der Waals surface area contributed by atoms with Crippen LogP contribution in [-0.2, 0) is 14.8 Å². The van der Waals surface area contributed by atoms with Gasteiger partial charge in [-0.15, -0.1) is 0 Å². The molecule has 8 heteroatoms. The molecular weight excluding hydrogens is 234 g/mol. The molecule has 0 aromatic carbocycles. The van der Waals surface area contributed by atoms with E-state index in [0.717, 1.165) is 6.07 Å². The number of sulfonamides is 1. The second kappa shape index (κ2) is 4.22. The van der Waals surface area contributed by atoms with Crippen molar-refractivity contribution < 1.29 is 17.9 Å². The number of nitrogens with two attached hydrogens (primary N) is 1. The van der Waals surface area contributed by atoms with E-state index in [1.165, 1.54) is 11.8 Å². The monoisotopic (exact) mass is 247 g/mol. The third-order valence-electron chi connectivity index (χ3n) is 1.89. The van der Waals surface area contributed by atoms with Crippen LogP contribution in [0.5, 0.6) is 0 Å². The second-order valence-corrected chi connectivity index (χ2v) is 4.95. The molecule has 0 aliphatic carbocycles.